The predicted molar refractivity (Wildman–Crippen MR) is 124 cm³/mol. The molecule has 5 rings (SSSR count). The van der Waals surface area contributed by atoms with Crippen LogP contribution in [0.3, 0.4) is 0 Å². The first-order valence-corrected chi connectivity index (χ1v) is 10.9. The fourth-order valence-electron chi connectivity index (χ4n) is 4.82. The molecular formula is C27H26N2O3. The van der Waals surface area contributed by atoms with Gasteiger partial charge in [-0.2, -0.15) is 0 Å². The predicted octanol–water partition coefficient (Wildman–Crippen LogP) is 5.23. The topological polar surface area (TPSA) is 51.1 Å². The zero-order chi connectivity index (χ0) is 22.3. The molecule has 5 nitrogen and oxygen atoms in total. The van der Waals surface area contributed by atoms with Gasteiger partial charge in [0, 0.05) is 31.1 Å². The van der Waals surface area contributed by atoms with Crippen molar-refractivity contribution in [3.8, 4) is 0 Å². The third-order valence-electron chi connectivity index (χ3n) is 6.32. The van der Waals surface area contributed by atoms with Crippen molar-refractivity contribution >= 4 is 17.4 Å². The van der Waals surface area contributed by atoms with Crippen LogP contribution in [-0.2, 0) is 26.5 Å². The van der Waals surface area contributed by atoms with Crippen molar-refractivity contribution in [3.05, 3.63) is 101 Å². The zero-order valence-corrected chi connectivity index (χ0v) is 18.5. The van der Waals surface area contributed by atoms with E-state index in [9.17, 15) is 4.79 Å². The van der Waals surface area contributed by atoms with Crippen LogP contribution >= 0.6 is 0 Å². The van der Waals surface area contributed by atoms with E-state index in [0.29, 0.717) is 13.0 Å². The smallest absolute Gasteiger partial charge is 0.303 e. The van der Waals surface area contributed by atoms with Gasteiger partial charge in [0.1, 0.15) is 0 Å². The van der Waals surface area contributed by atoms with Gasteiger partial charge >= 0.3 is 5.97 Å². The minimum Gasteiger partial charge on any atom is -0.448 e. The maximum absolute atomic E-state index is 12.3. The van der Waals surface area contributed by atoms with Crippen LogP contribution in [0.1, 0.15) is 41.2 Å². The standard InChI is InChI=1S/C27H26N2O3/c1-18-13-14-19(2)22(15-18)17-29-25-12-8-7-11-23(25)27(31-20(3)30)16-24(28-32-26(27)29)21-9-5-4-6-10-21/h4-15,26H,16-17H2,1-3H3/t26-,27+/m1/s1. The molecule has 2 heterocycles. The number of fused-ring (bicyclic) bond motifs is 3. The van der Waals surface area contributed by atoms with E-state index in [2.05, 4.69) is 48.2 Å². The molecule has 0 radical (unpaired) electrons. The number of oxime groups is 1. The van der Waals surface area contributed by atoms with Gasteiger partial charge in [-0.05, 0) is 36.6 Å². The number of rotatable bonds is 4. The summed E-state index contributed by atoms with van der Waals surface area (Å²) in [7, 11) is 0. The molecule has 0 saturated heterocycles. The number of aryl methyl sites for hydroxylation is 2. The van der Waals surface area contributed by atoms with Gasteiger partial charge in [0.05, 0.1) is 5.71 Å². The number of ether oxygens (including phenoxy) is 1. The monoisotopic (exact) mass is 426 g/mol. The van der Waals surface area contributed by atoms with Gasteiger partial charge in [0.2, 0.25) is 11.8 Å². The zero-order valence-electron chi connectivity index (χ0n) is 18.5. The van der Waals surface area contributed by atoms with Crippen LogP contribution in [0.25, 0.3) is 0 Å². The molecule has 0 aromatic heterocycles. The number of para-hydroxylation sites is 1. The van der Waals surface area contributed by atoms with Crippen molar-refractivity contribution in [2.24, 2.45) is 5.16 Å². The molecular weight excluding hydrogens is 400 g/mol. The second-order valence-corrected chi connectivity index (χ2v) is 8.60. The average Bonchev–Trinajstić information content (AvgIpc) is 3.05. The Balaban J connectivity index is 1.62. The fraction of sp³-hybridized carbons (Fsp3) is 0.259. The maximum atomic E-state index is 12.3. The summed E-state index contributed by atoms with van der Waals surface area (Å²) in [5.41, 5.74) is 6.35. The Morgan fingerprint density at radius 1 is 1.09 bits per heavy atom. The van der Waals surface area contributed by atoms with Crippen molar-refractivity contribution in [2.75, 3.05) is 4.90 Å². The summed E-state index contributed by atoms with van der Waals surface area (Å²) in [6.07, 6.45) is -0.0992. The molecule has 3 aromatic carbocycles. The quantitative estimate of drug-likeness (QED) is 0.536. The SMILES string of the molecule is CC(=O)O[C@]12CC(c3ccccc3)=NO[C@H]1N(Cc1cc(C)ccc1C)c1ccccc12. The molecule has 2 atom stereocenters. The van der Waals surface area contributed by atoms with Crippen molar-refractivity contribution in [1.82, 2.24) is 0 Å². The normalized spacial score (nSPS) is 21.3. The van der Waals surface area contributed by atoms with Gasteiger partial charge in [-0.1, -0.05) is 77.4 Å². The number of hydrogen-bond acceptors (Lipinski definition) is 5. The lowest BCUT2D eigenvalue weighted by molar-refractivity contribution is -0.179. The van der Waals surface area contributed by atoms with Crippen molar-refractivity contribution in [2.45, 2.75) is 45.6 Å². The molecule has 0 amide bonds. The van der Waals surface area contributed by atoms with Crippen LogP contribution < -0.4 is 4.90 Å². The molecule has 0 saturated carbocycles. The number of carbonyl (C=O) groups excluding carboxylic acids is 1. The lowest BCUT2D eigenvalue weighted by Crippen LogP contribution is -2.51. The Kier molecular flexibility index (Phi) is 4.97. The van der Waals surface area contributed by atoms with E-state index in [4.69, 9.17) is 9.57 Å². The number of anilines is 1. The van der Waals surface area contributed by atoms with Crippen LogP contribution in [0.15, 0.2) is 78.0 Å². The second kappa shape index (κ2) is 7.83. The van der Waals surface area contributed by atoms with Gasteiger partial charge < -0.3 is 14.5 Å². The molecule has 0 bridgehead atoms. The number of benzene rings is 3. The Bertz CT molecular complexity index is 1200. The molecule has 2 aliphatic rings. The fourth-order valence-corrected chi connectivity index (χ4v) is 4.82. The molecule has 32 heavy (non-hydrogen) atoms. The first-order valence-electron chi connectivity index (χ1n) is 10.9. The average molecular weight is 427 g/mol. The lowest BCUT2D eigenvalue weighted by Gasteiger charge is -2.39. The van der Waals surface area contributed by atoms with Gasteiger partial charge in [0.25, 0.3) is 0 Å². The van der Waals surface area contributed by atoms with Crippen molar-refractivity contribution < 1.29 is 14.4 Å². The number of carbonyl (C=O) groups is 1. The third-order valence-corrected chi connectivity index (χ3v) is 6.32. The third kappa shape index (κ3) is 3.34. The van der Waals surface area contributed by atoms with Crippen LogP contribution in [0, 0.1) is 13.8 Å². The summed E-state index contributed by atoms with van der Waals surface area (Å²) in [4.78, 5) is 20.6. The van der Waals surface area contributed by atoms with E-state index >= 15 is 0 Å². The lowest BCUT2D eigenvalue weighted by atomic mass is 9.86. The molecule has 3 aromatic rings. The van der Waals surface area contributed by atoms with Crippen LogP contribution in [-0.4, -0.2) is 17.9 Å². The van der Waals surface area contributed by atoms with Crippen molar-refractivity contribution in [1.29, 1.82) is 0 Å². The van der Waals surface area contributed by atoms with E-state index in [-0.39, 0.29) is 5.97 Å². The molecule has 0 fully saturated rings. The minimum absolute atomic E-state index is 0.337. The molecule has 5 heteroatoms. The van der Waals surface area contributed by atoms with E-state index in [1.54, 1.807) is 0 Å². The summed E-state index contributed by atoms with van der Waals surface area (Å²) < 4.78 is 6.12. The van der Waals surface area contributed by atoms with E-state index in [1.807, 2.05) is 48.5 Å². The molecule has 0 N–H and O–H groups in total. The second-order valence-electron chi connectivity index (χ2n) is 8.60. The molecule has 2 aliphatic heterocycles. The summed E-state index contributed by atoms with van der Waals surface area (Å²) in [5, 5.41) is 4.49. The summed E-state index contributed by atoms with van der Waals surface area (Å²) in [6, 6.07) is 24.4. The maximum Gasteiger partial charge on any atom is 0.303 e. The van der Waals surface area contributed by atoms with Crippen LogP contribution in [0.4, 0.5) is 5.69 Å². The highest BCUT2D eigenvalue weighted by Gasteiger charge is 2.58. The van der Waals surface area contributed by atoms with E-state index < -0.39 is 11.8 Å². The summed E-state index contributed by atoms with van der Waals surface area (Å²) in [5.74, 6) is -0.337. The Morgan fingerprint density at radius 2 is 1.84 bits per heavy atom. The molecule has 162 valence electrons. The number of esters is 1. The highest BCUT2D eigenvalue weighted by molar-refractivity contribution is 6.02. The largest absolute Gasteiger partial charge is 0.448 e. The van der Waals surface area contributed by atoms with Gasteiger partial charge in [-0.15, -0.1) is 0 Å². The van der Waals surface area contributed by atoms with Gasteiger partial charge in [0.15, 0.2) is 0 Å². The Labute approximate surface area is 188 Å². The number of hydrogen-bond donors (Lipinski definition) is 0. The molecule has 0 spiro atoms. The summed E-state index contributed by atoms with van der Waals surface area (Å²) in [6.45, 7) is 6.30. The number of nitrogens with zero attached hydrogens (tertiary/aromatic N) is 2. The van der Waals surface area contributed by atoms with E-state index in [0.717, 1.165) is 22.5 Å². The Hall–Kier alpha value is -3.60. The van der Waals surface area contributed by atoms with E-state index in [1.165, 1.54) is 23.6 Å². The Morgan fingerprint density at radius 3 is 2.62 bits per heavy atom. The first-order chi connectivity index (χ1) is 15.5. The highest BCUT2D eigenvalue weighted by atomic mass is 16.7. The first kappa shape index (κ1) is 20.3. The minimum atomic E-state index is -0.965. The van der Waals surface area contributed by atoms with Crippen molar-refractivity contribution in [3.63, 3.8) is 0 Å². The highest BCUT2D eigenvalue weighted by Crippen LogP contribution is 2.51. The van der Waals surface area contributed by atoms with Crippen LogP contribution in [0.5, 0.6) is 0 Å². The van der Waals surface area contributed by atoms with Crippen LogP contribution in [0.2, 0.25) is 0 Å². The molecule has 0 aliphatic carbocycles. The summed E-state index contributed by atoms with van der Waals surface area (Å²) >= 11 is 0. The molecule has 0 unspecified atom stereocenters. The van der Waals surface area contributed by atoms with Gasteiger partial charge in [-0.3, -0.25) is 4.79 Å². The van der Waals surface area contributed by atoms with Gasteiger partial charge in [-0.25, -0.2) is 0 Å².